The molecule has 0 fully saturated rings. The van der Waals surface area contributed by atoms with Crippen molar-refractivity contribution in [2.24, 2.45) is 11.8 Å². The van der Waals surface area contributed by atoms with Crippen LogP contribution in [-0.2, 0) is 24.2 Å². The molecule has 1 aromatic rings. The lowest BCUT2D eigenvalue weighted by atomic mass is 9.87. The summed E-state index contributed by atoms with van der Waals surface area (Å²) >= 11 is 0. The van der Waals surface area contributed by atoms with E-state index >= 15 is 0 Å². The molecule has 19 heavy (non-hydrogen) atoms. The average molecular weight is 264 g/mol. The first-order chi connectivity index (χ1) is 8.97. The van der Waals surface area contributed by atoms with Crippen LogP contribution in [-0.4, -0.2) is 20.9 Å². The van der Waals surface area contributed by atoms with Gasteiger partial charge in [-0.25, -0.2) is 4.68 Å². The highest BCUT2D eigenvalue weighted by molar-refractivity contribution is 5.70. The Morgan fingerprint density at radius 3 is 2.95 bits per heavy atom. The fourth-order valence-electron chi connectivity index (χ4n) is 2.38. The van der Waals surface area contributed by atoms with Crippen LogP contribution in [0.15, 0.2) is 10.9 Å². The molecule has 0 aliphatic heterocycles. The molecule has 1 atom stereocenters. The van der Waals surface area contributed by atoms with Gasteiger partial charge in [0.25, 0.3) is 5.56 Å². The Balaban J connectivity index is 2.21. The van der Waals surface area contributed by atoms with Gasteiger partial charge in [0.2, 0.25) is 0 Å². The van der Waals surface area contributed by atoms with Gasteiger partial charge in [0, 0.05) is 12.6 Å². The Hall–Kier alpha value is -1.65. The van der Waals surface area contributed by atoms with Crippen LogP contribution in [0, 0.1) is 11.8 Å². The molecule has 0 unspecified atom stereocenters. The third-order valence-corrected chi connectivity index (χ3v) is 3.63. The summed E-state index contributed by atoms with van der Waals surface area (Å²) in [4.78, 5) is 22.9. The molecule has 104 valence electrons. The first-order valence-corrected chi connectivity index (χ1v) is 6.80. The Labute approximate surface area is 112 Å². The van der Waals surface area contributed by atoms with Crippen molar-refractivity contribution < 1.29 is 9.90 Å². The standard InChI is InChI=1S/C14H20N2O3/c1-9(2)5-6-16-13(17)8-11-7-10(14(18)19)3-4-12(11)15-16/h8-10H,3-7H2,1-2H3,(H,18,19)/t10-/m0/s1. The van der Waals surface area contributed by atoms with Crippen LogP contribution in [0.3, 0.4) is 0 Å². The van der Waals surface area contributed by atoms with E-state index in [2.05, 4.69) is 18.9 Å². The van der Waals surface area contributed by atoms with Gasteiger partial charge in [0.1, 0.15) is 0 Å². The zero-order valence-corrected chi connectivity index (χ0v) is 11.4. The van der Waals surface area contributed by atoms with E-state index in [0.29, 0.717) is 31.7 Å². The van der Waals surface area contributed by atoms with Crippen molar-refractivity contribution in [2.45, 2.75) is 46.1 Å². The number of nitrogens with zero attached hydrogens (tertiary/aromatic N) is 2. The summed E-state index contributed by atoms with van der Waals surface area (Å²) in [6.45, 7) is 4.86. The zero-order valence-electron chi connectivity index (χ0n) is 11.4. The topological polar surface area (TPSA) is 72.2 Å². The predicted octanol–water partition coefficient (Wildman–Crippen LogP) is 1.48. The average Bonchev–Trinajstić information content (AvgIpc) is 2.35. The molecule has 0 saturated carbocycles. The van der Waals surface area contributed by atoms with Crippen molar-refractivity contribution in [2.75, 3.05) is 0 Å². The van der Waals surface area contributed by atoms with Gasteiger partial charge in [-0.15, -0.1) is 0 Å². The Bertz CT molecular complexity index is 534. The normalized spacial score (nSPS) is 18.4. The number of fused-ring (bicyclic) bond motifs is 1. The second kappa shape index (κ2) is 5.55. The van der Waals surface area contributed by atoms with E-state index in [1.807, 2.05) is 0 Å². The maximum atomic E-state index is 11.9. The molecular formula is C14H20N2O3. The molecule has 1 aromatic heterocycles. The van der Waals surface area contributed by atoms with Crippen molar-refractivity contribution in [1.29, 1.82) is 0 Å². The van der Waals surface area contributed by atoms with Gasteiger partial charge in [0.15, 0.2) is 0 Å². The third kappa shape index (κ3) is 3.22. The number of hydrogen-bond acceptors (Lipinski definition) is 3. The molecule has 2 rings (SSSR count). The highest BCUT2D eigenvalue weighted by Gasteiger charge is 2.25. The van der Waals surface area contributed by atoms with Gasteiger partial charge < -0.3 is 5.11 Å². The van der Waals surface area contributed by atoms with Crippen LogP contribution in [0.4, 0.5) is 0 Å². The van der Waals surface area contributed by atoms with Gasteiger partial charge in [0.05, 0.1) is 11.6 Å². The summed E-state index contributed by atoms with van der Waals surface area (Å²) in [5, 5.41) is 13.4. The molecule has 0 aromatic carbocycles. The van der Waals surface area contributed by atoms with Gasteiger partial charge in [-0.1, -0.05) is 13.8 Å². The quantitative estimate of drug-likeness (QED) is 0.894. The van der Waals surface area contributed by atoms with E-state index in [1.165, 1.54) is 4.68 Å². The number of carbonyl (C=O) groups is 1. The van der Waals surface area contributed by atoms with E-state index in [1.54, 1.807) is 6.07 Å². The Kier molecular flexibility index (Phi) is 4.02. The van der Waals surface area contributed by atoms with Crippen LogP contribution in [0.25, 0.3) is 0 Å². The lowest BCUT2D eigenvalue weighted by Gasteiger charge is -2.21. The third-order valence-electron chi connectivity index (χ3n) is 3.63. The van der Waals surface area contributed by atoms with E-state index in [4.69, 9.17) is 5.11 Å². The van der Waals surface area contributed by atoms with Gasteiger partial charge in [-0.05, 0) is 37.2 Å². The minimum Gasteiger partial charge on any atom is -0.481 e. The van der Waals surface area contributed by atoms with E-state index in [9.17, 15) is 9.59 Å². The molecule has 1 aliphatic carbocycles. The fraction of sp³-hybridized carbons (Fsp3) is 0.643. The predicted molar refractivity (Wildman–Crippen MR) is 71.1 cm³/mol. The molecule has 1 heterocycles. The van der Waals surface area contributed by atoms with E-state index in [0.717, 1.165) is 17.7 Å². The summed E-state index contributed by atoms with van der Waals surface area (Å²) in [6.07, 6.45) is 2.60. The number of aliphatic carboxylic acids is 1. The molecule has 0 saturated heterocycles. The lowest BCUT2D eigenvalue weighted by molar-refractivity contribution is -0.142. The number of carboxylic acids is 1. The molecule has 0 amide bonds. The molecule has 1 aliphatic rings. The van der Waals surface area contributed by atoms with E-state index in [-0.39, 0.29) is 11.5 Å². The first-order valence-electron chi connectivity index (χ1n) is 6.80. The van der Waals surface area contributed by atoms with Crippen molar-refractivity contribution in [3.8, 4) is 0 Å². The molecule has 0 bridgehead atoms. The zero-order chi connectivity index (χ0) is 14.0. The highest BCUT2D eigenvalue weighted by Crippen LogP contribution is 2.23. The van der Waals surface area contributed by atoms with Crippen LogP contribution >= 0.6 is 0 Å². The molecule has 1 N–H and O–H groups in total. The Morgan fingerprint density at radius 1 is 1.58 bits per heavy atom. The summed E-state index contributed by atoms with van der Waals surface area (Å²) < 4.78 is 1.51. The maximum Gasteiger partial charge on any atom is 0.306 e. The second-order valence-corrected chi connectivity index (χ2v) is 5.64. The van der Waals surface area contributed by atoms with Crippen molar-refractivity contribution in [1.82, 2.24) is 9.78 Å². The Morgan fingerprint density at radius 2 is 2.32 bits per heavy atom. The number of carboxylic acid groups (broad SMARTS) is 1. The van der Waals surface area contributed by atoms with Crippen molar-refractivity contribution in [3.63, 3.8) is 0 Å². The number of aromatic nitrogens is 2. The maximum absolute atomic E-state index is 11.9. The van der Waals surface area contributed by atoms with Crippen LogP contribution in [0.2, 0.25) is 0 Å². The summed E-state index contributed by atoms with van der Waals surface area (Å²) in [5.74, 6) is -0.629. The number of rotatable bonds is 4. The monoisotopic (exact) mass is 264 g/mol. The SMILES string of the molecule is CC(C)CCn1nc2c(cc1=O)C[C@@H](C(=O)O)CC2. The van der Waals surface area contributed by atoms with E-state index < -0.39 is 5.97 Å². The lowest BCUT2D eigenvalue weighted by Crippen LogP contribution is -2.30. The van der Waals surface area contributed by atoms with Crippen molar-refractivity contribution in [3.05, 3.63) is 27.7 Å². The first kappa shape index (κ1) is 13.8. The second-order valence-electron chi connectivity index (χ2n) is 5.64. The van der Waals surface area contributed by atoms with Crippen LogP contribution in [0.5, 0.6) is 0 Å². The molecule has 0 spiro atoms. The molecule has 5 nitrogen and oxygen atoms in total. The van der Waals surface area contributed by atoms with Gasteiger partial charge in [-0.3, -0.25) is 9.59 Å². The minimum atomic E-state index is -0.783. The largest absolute Gasteiger partial charge is 0.481 e. The van der Waals surface area contributed by atoms with Crippen molar-refractivity contribution >= 4 is 5.97 Å². The molecule has 0 radical (unpaired) electrons. The summed E-state index contributed by atoms with van der Waals surface area (Å²) in [5.41, 5.74) is 1.58. The molecular weight excluding hydrogens is 244 g/mol. The molecule has 5 heteroatoms. The number of aryl methyl sites for hydroxylation is 2. The number of hydrogen-bond donors (Lipinski definition) is 1. The fourth-order valence-corrected chi connectivity index (χ4v) is 2.38. The minimum absolute atomic E-state index is 0.120. The van der Waals surface area contributed by atoms with Crippen LogP contribution < -0.4 is 5.56 Å². The summed E-state index contributed by atoms with van der Waals surface area (Å²) in [6, 6.07) is 1.57. The van der Waals surface area contributed by atoms with Gasteiger partial charge in [-0.2, -0.15) is 5.10 Å². The summed E-state index contributed by atoms with van der Waals surface area (Å²) in [7, 11) is 0. The highest BCUT2D eigenvalue weighted by atomic mass is 16.4. The van der Waals surface area contributed by atoms with Gasteiger partial charge >= 0.3 is 5.97 Å². The smallest absolute Gasteiger partial charge is 0.306 e. The van der Waals surface area contributed by atoms with Crippen LogP contribution in [0.1, 0.15) is 37.9 Å².